The minimum Gasteiger partial charge on any atom is -0.457 e. The third-order valence-corrected chi connectivity index (χ3v) is 3.22. The monoisotopic (exact) mass is 307 g/mol. The van der Waals surface area contributed by atoms with Gasteiger partial charge in [0.15, 0.2) is 11.6 Å². The fourth-order valence-electron chi connectivity index (χ4n) is 2.06. The third kappa shape index (κ3) is 3.49. The van der Waals surface area contributed by atoms with E-state index in [9.17, 15) is 0 Å². The van der Waals surface area contributed by atoms with Crippen molar-refractivity contribution in [2.24, 2.45) is 0 Å². The minimum absolute atomic E-state index is 0.472. The molecule has 0 spiro atoms. The van der Waals surface area contributed by atoms with Crippen LogP contribution < -0.4 is 21.1 Å². The predicted octanol–water partition coefficient (Wildman–Crippen LogP) is 3.64. The molecule has 0 saturated heterocycles. The first-order chi connectivity index (χ1) is 11.3. The minimum atomic E-state index is 0.472. The molecule has 0 unspecified atom stereocenters. The lowest BCUT2D eigenvalue weighted by Gasteiger charge is -2.11. The molecule has 4 N–H and O–H groups in total. The van der Waals surface area contributed by atoms with Crippen LogP contribution >= 0.6 is 0 Å². The van der Waals surface area contributed by atoms with E-state index < -0.39 is 0 Å². The summed E-state index contributed by atoms with van der Waals surface area (Å²) in [6.45, 7) is 0. The van der Waals surface area contributed by atoms with Gasteiger partial charge >= 0.3 is 0 Å². The van der Waals surface area contributed by atoms with Crippen LogP contribution in [0.3, 0.4) is 0 Å². The molecule has 0 radical (unpaired) electrons. The first-order valence-electron chi connectivity index (χ1n) is 7.14. The number of para-hydroxylation sites is 1. The summed E-state index contributed by atoms with van der Waals surface area (Å²) in [4.78, 5) is 8.21. The first kappa shape index (κ1) is 14.6. The smallest absolute Gasteiger partial charge is 0.159 e. The molecule has 0 amide bonds. The van der Waals surface area contributed by atoms with E-state index in [2.05, 4.69) is 20.6 Å². The Labute approximate surface area is 134 Å². The molecule has 23 heavy (non-hydrogen) atoms. The number of hydrogen-bond donors (Lipinski definition) is 3. The number of nitrogens with two attached hydrogens (primary N) is 1. The van der Waals surface area contributed by atoms with E-state index in [1.54, 1.807) is 7.05 Å². The molecule has 3 aromatic rings. The quantitative estimate of drug-likeness (QED) is 0.667. The molecule has 0 bridgehead atoms. The summed E-state index contributed by atoms with van der Waals surface area (Å²) in [6.07, 6.45) is 1.46. The zero-order valence-corrected chi connectivity index (χ0v) is 12.7. The number of hydrogen-bond acceptors (Lipinski definition) is 6. The van der Waals surface area contributed by atoms with Crippen molar-refractivity contribution in [2.45, 2.75) is 0 Å². The molecule has 0 aliphatic rings. The molecule has 3 rings (SSSR count). The number of nitrogen functional groups attached to an aromatic ring is 1. The second kappa shape index (κ2) is 6.65. The van der Waals surface area contributed by atoms with Gasteiger partial charge in [-0.25, -0.2) is 9.97 Å². The standard InChI is InChI=1S/C17H17N5O/c1-19-16-15(18)17(21-11-20-16)22-12-7-9-14(10-8-12)23-13-5-3-2-4-6-13/h2-11H,18H2,1H3,(H2,19,20,21,22). The van der Waals surface area contributed by atoms with Crippen molar-refractivity contribution < 1.29 is 4.74 Å². The van der Waals surface area contributed by atoms with E-state index in [0.29, 0.717) is 17.3 Å². The number of aromatic nitrogens is 2. The predicted molar refractivity (Wildman–Crippen MR) is 92.2 cm³/mol. The van der Waals surface area contributed by atoms with Gasteiger partial charge in [-0.05, 0) is 36.4 Å². The number of ether oxygens (including phenoxy) is 1. The van der Waals surface area contributed by atoms with Gasteiger partial charge in [0.25, 0.3) is 0 Å². The molecule has 0 fully saturated rings. The summed E-state index contributed by atoms with van der Waals surface area (Å²) in [7, 11) is 1.76. The number of nitrogens with zero attached hydrogens (tertiary/aromatic N) is 2. The van der Waals surface area contributed by atoms with Crippen LogP contribution in [0.5, 0.6) is 11.5 Å². The van der Waals surface area contributed by atoms with Crippen molar-refractivity contribution in [2.75, 3.05) is 23.4 Å². The van der Waals surface area contributed by atoms with Crippen molar-refractivity contribution in [3.05, 3.63) is 60.9 Å². The summed E-state index contributed by atoms with van der Waals surface area (Å²) in [6, 6.07) is 17.2. The molecule has 0 atom stereocenters. The van der Waals surface area contributed by atoms with Gasteiger partial charge < -0.3 is 21.1 Å². The van der Waals surface area contributed by atoms with E-state index in [0.717, 1.165) is 17.2 Å². The lowest BCUT2D eigenvalue weighted by atomic mass is 10.3. The Morgan fingerprint density at radius 3 is 2.22 bits per heavy atom. The SMILES string of the molecule is CNc1ncnc(Nc2ccc(Oc3ccccc3)cc2)c1N. The summed E-state index contributed by atoms with van der Waals surface area (Å²) >= 11 is 0. The maximum absolute atomic E-state index is 6.00. The largest absolute Gasteiger partial charge is 0.457 e. The third-order valence-electron chi connectivity index (χ3n) is 3.22. The Balaban J connectivity index is 1.73. The Morgan fingerprint density at radius 1 is 0.870 bits per heavy atom. The fourth-order valence-corrected chi connectivity index (χ4v) is 2.06. The van der Waals surface area contributed by atoms with Gasteiger partial charge in [0, 0.05) is 12.7 Å². The number of nitrogens with one attached hydrogen (secondary N) is 2. The van der Waals surface area contributed by atoms with E-state index in [-0.39, 0.29) is 0 Å². The molecule has 0 aliphatic carbocycles. The highest BCUT2D eigenvalue weighted by atomic mass is 16.5. The van der Waals surface area contributed by atoms with E-state index in [4.69, 9.17) is 10.5 Å². The molecule has 0 saturated carbocycles. The normalized spacial score (nSPS) is 10.1. The maximum Gasteiger partial charge on any atom is 0.159 e. The lowest BCUT2D eigenvalue weighted by Crippen LogP contribution is -2.04. The van der Waals surface area contributed by atoms with Crippen molar-refractivity contribution in [1.82, 2.24) is 9.97 Å². The Hall–Kier alpha value is -3.28. The molecule has 6 nitrogen and oxygen atoms in total. The van der Waals surface area contributed by atoms with Crippen molar-refractivity contribution in [1.29, 1.82) is 0 Å². The summed E-state index contributed by atoms with van der Waals surface area (Å²) in [5.41, 5.74) is 7.33. The number of benzene rings is 2. The molecule has 1 heterocycles. The van der Waals surface area contributed by atoms with Gasteiger partial charge in [0.05, 0.1) is 0 Å². The van der Waals surface area contributed by atoms with E-state index >= 15 is 0 Å². The van der Waals surface area contributed by atoms with Crippen LogP contribution in [0.25, 0.3) is 0 Å². The molecule has 0 aliphatic heterocycles. The van der Waals surface area contributed by atoms with Crippen LogP contribution in [-0.4, -0.2) is 17.0 Å². The van der Waals surface area contributed by atoms with E-state index in [1.165, 1.54) is 6.33 Å². The maximum atomic E-state index is 6.00. The molecule has 1 aromatic heterocycles. The Kier molecular flexibility index (Phi) is 4.24. The molecular weight excluding hydrogens is 290 g/mol. The van der Waals surface area contributed by atoms with Crippen molar-refractivity contribution in [3.8, 4) is 11.5 Å². The summed E-state index contributed by atoms with van der Waals surface area (Å²) < 4.78 is 5.76. The van der Waals surface area contributed by atoms with Gasteiger partial charge in [0.1, 0.15) is 23.5 Å². The number of rotatable bonds is 5. The highest BCUT2D eigenvalue weighted by Crippen LogP contribution is 2.27. The van der Waals surface area contributed by atoms with Crippen molar-refractivity contribution in [3.63, 3.8) is 0 Å². The number of anilines is 4. The fraction of sp³-hybridized carbons (Fsp3) is 0.0588. The molecule has 6 heteroatoms. The average molecular weight is 307 g/mol. The van der Waals surface area contributed by atoms with Gasteiger partial charge in [-0.1, -0.05) is 18.2 Å². The molecule has 116 valence electrons. The van der Waals surface area contributed by atoms with Crippen LogP contribution in [0, 0.1) is 0 Å². The van der Waals surface area contributed by atoms with Gasteiger partial charge in [0.2, 0.25) is 0 Å². The molecular formula is C17H17N5O. The van der Waals surface area contributed by atoms with E-state index in [1.807, 2.05) is 54.6 Å². The van der Waals surface area contributed by atoms with Gasteiger partial charge in [-0.15, -0.1) is 0 Å². The molecule has 2 aromatic carbocycles. The van der Waals surface area contributed by atoms with Crippen LogP contribution in [0.1, 0.15) is 0 Å². The zero-order chi connectivity index (χ0) is 16.1. The Morgan fingerprint density at radius 2 is 1.52 bits per heavy atom. The second-order valence-corrected chi connectivity index (χ2v) is 4.80. The highest BCUT2D eigenvalue weighted by molar-refractivity contribution is 5.77. The van der Waals surface area contributed by atoms with Crippen molar-refractivity contribution >= 4 is 23.0 Å². The summed E-state index contributed by atoms with van der Waals surface area (Å²) in [5.74, 6) is 2.70. The topological polar surface area (TPSA) is 85.1 Å². The lowest BCUT2D eigenvalue weighted by molar-refractivity contribution is 0.483. The second-order valence-electron chi connectivity index (χ2n) is 4.80. The van der Waals surface area contributed by atoms with Gasteiger partial charge in [-0.3, -0.25) is 0 Å². The highest BCUT2D eigenvalue weighted by Gasteiger charge is 2.07. The van der Waals surface area contributed by atoms with Crippen LogP contribution in [0.4, 0.5) is 23.0 Å². The van der Waals surface area contributed by atoms with Gasteiger partial charge in [-0.2, -0.15) is 0 Å². The van der Waals surface area contributed by atoms with Crippen LogP contribution in [0.2, 0.25) is 0 Å². The van der Waals surface area contributed by atoms with Crippen LogP contribution in [-0.2, 0) is 0 Å². The first-order valence-corrected chi connectivity index (χ1v) is 7.14. The summed E-state index contributed by atoms with van der Waals surface area (Å²) in [5, 5.41) is 6.09. The zero-order valence-electron chi connectivity index (χ0n) is 12.7. The van der Waals surface area contributed by atoms with Crippen LogP contribution in [0.15, 0.2) is 60.9 Å². The Bertz CT molecular complexity index is 775. The average Bonchev–Trinajstić information content (AvgIpc) is 2.59.